The molecule has 0 saturated heterocycles. The summed E-state index contributed by atoms with van der Waals surface area (Å²) in [4.78, 5) is 24.9. The van der Waals surface area contributed by atoms with E-state index in [0.29, 0.717) is 0 Å². The lowest BCUT2D eigenvalue weighted by Gasteiger charge is -2.23. The second kappa shape index (κ2) is 12.6. The molecule has 44 heavy (non-hydrogen) atoms. The Bertz CT molecular complexity index is 1640. The molecule has 6 rings (SSSR count). The Morgan fingerprint density at radius 2 is 1.34 bits per heavy atom. The number of amides is 2. The summed E-state index contributed by atoms with van der Waals surface area (Å²) in [5.74, 6) is 0.210. The van der Waals surface area contributed by atoms with Gasteiger partial charge in [0, 0.05) is 36.7 Å². The summed E-state index contributed by atoms with van der Waals surface area (Å²) < 4.78 is 0. The summed E-state index contributed by atoms with van der Waals surface area (Å²) in [6, 6.07) is 19.1. The van der Waals surface area contributed by atoms with E-state index in [0.717, 1.165) is 42.7 Å². The van der Waals surface area contributed by atoms with Crippen LogP contribution in [0, 0.1) is 0 Å². The standard InChI is InChI=1S/C14H19NO.C13H17NO.C11H14N2/c1-10(16)15-8-7-11-5-6-12(9-13(11)15)14(2,3)4;1-13(2,3)10-4-5-11-9(8-10)6-7-14-12(11)15;1-11(2,3)9-4-5-10-8(6-9)7-12-13-10/h5-6,9H,7-8H2,1-4H3;4-5,8H,6-7H2,1-3H3,(H,14,15);4-7H,1-3H3,(H,12,13). The molecule has 6 heteroatoms. The van der Waals surface area contributed by atoms with Crippen molar-refractivity contribution in [2.24, 2.45) is 0 Å². The van der Waals surface area contributed by atoms with E-state index in [1.165, 1.54) is 33.2 Å². The average molecular weight is 595 g/mol. The summed E-state index contributed by atoms with van der Waals surface area (Å²) in [5, 5.41) is 11.0. The third-order valence-electron chi connectivity index (χ3n) is 8.43. The highest BCUT2D eigenvalue weighted by molar-refractivity contribution is 5.96. The zero-order valence-electron chi connectivity index (χ0n) is 28.3. The molecular weight excluding hydrogens is 544 g/mol. The summed E-state index contributed by atoms with van der Waals surface area (Å²) in [6.45, 7) is 23.0. The van der Waals surface area contributed by atoms with E-state index in [4.69, 9.17) is 0 Å². The number of aromatic nitrogens is 2. The van der Waals surface area contributed by atoms with Crippen LogP contribution in [0.3, 0.4) is 0 Å². The summed E-state index contributed by atoms with van der Waals surface area (Å²) in [6.07, 6.45) is 3.80. The Hall–Kier alpha value is -3.93. The third kappa shape index (κ3) is 7.77. The van der Waals surface area contributed by atoms with Gasteiger partial charge in [-0.1, -0.05) is 92.6 Å². The Kier molecular flexibility index (Phi) is 9.43. The number of nitrogens with zero attached hydrogens (tertiary/aromatic N) is 2. The van der Waals surface area contributed by atoms with Crippen LogP contribution in [0.25, 0.3) is 10.9 Å². The summed E-state index contributed by atoms with van der Waals surface area (Å²) >= 11 is 0. The molecule has 0 bridgehead atoms. The normalized spacial score (nSPS) is 14.5. The molecule has 2 aliphatic heterocycles. The van der Waals surface area contributed by atoms with Crippen LogP contribution in [-0.2, 0) is 33.9 Å². The molecule has 6 nitrogen and oxygen atoms in total. The number of aromatic amines is 1. The summed E-state index contributed by atoms with van der Waals surface area (Å²) in [5.41, 5.74) is 9.99. The van der Waals surface area contributed by atoms with Gasteiger partial charge in [-0.15, -0.1) is 0 Å². The molecule has 0 radical (unpaired) electrons. The van der Waals surface area contributed by atoms with Gasteiger partial charge >= 0.3 is 0 Å². The van der Waals surface area contributed by atoms with Crippen LogP contribution in [0.1, 0.15) is 107 Å². The number of nitrogens with one attached hydrogen (secondary N) is 2. The van der Waals surface area contributed by atoms with Gasteiger partial charge in [-0.25, -0.2) is 0 Å². The van der Waals surface area contributed by atoms with Crippen LogP contribution in [0.2, 0.25) is 0 Å². The van der Waals surface area contributed by atoms with Crippen molar-refractivity contribution in [2.75, 3.05) is 18.0 Å². The van der Waals surface area contributed by atoms with Crippen LogP contribution in [-0.4, -0.2) is 35.1 Å². The number of carbonyl (C=O) groups excluding carboxylic acids is 2. The van der Waals surface area contributed by atoms with Gasteiger partial charge in [0.05, 0.1) is 11.7 Å². The van der Waals surface area contributed by atoms with Crippen LogP contribution < -0.4 is 10.2 Å². The van der Waals surface area contributed by atoms with Crippen LogP contribution in [0.4, 0.5) is 5.69 Å². The Morgan fingerprint density at radius 1 is 0.750 bits per heavy atom. The Morgan fingerprint density at radius 3 is 1.98 bits per heavy atom. The SMILES string of the molecule is CC(=O)N1CCc2ccc(C(C)(C)C)cc21.CC(C)(C)c1ccc2[nH]ncc2c1.CC(C)(C)c1ccc2c(c1)CCNC2=O. The quantitative estimate of drug-likeness (QED) is 0.216. The lowest BCUT2D eigenvalue weighted by Crippen LogP contribution is -2.32. The zero-order valence-corrected chi connectivity index (χ0v) is 28.3. The van der Waals surface area contributed by atoms with Crippen LogP contribution in [0.15, 0.2) is 60.8 Å². The van der Waals surface area contributed by atoms with Gasteiger partial charge in [0.15, 0.2) is 0 Å². The first-order valence-electron chi connectivity index (χ1n) is 15.7. The van der Waals surface area contributed by atoms with Gasteiger partial charge < -0.3 is 10.2 Å². The van der Waals surface area contributed by atoms with Crippen molar-refractivity contribution in [1.82, 2.24) is 15.5 Å². The highest BCUT2D eigenvalue weighted by Gasteiger charge is 2.25. The molecule has 0 spiro atoms. The van der Waals surface area contributed by atoms with Gasteiger partial charge in [0.2, 0.25) is 5.91 Å². The zero-order chi connectivity index (χ0) is 32.4. The highest BCUT2D eigenvalue weighted by atomic mass is 16.2. The summed E-state index contributed by atoms with van der Waals surface area (Å²) in [7, 11) is 0. The van der Waals surface area contributed by atoms with Gasteiger partial charge in [0.1, 0.15) is 0 Å². The number of anilines is 1. The molecule has 2 amide bonds. The number of hydrogen-bond donors (Lipinski definition) is 2. The molecular formula is C38H50N4O2. The van der Waals surface area contributed by atoms with E-state index in [2.05, 4.69) is 126 Å². The molecule has 1 aromatic heterocycles. The maximum atomic E-state index is 11.5. The minimum atomic E-state index is 0.0664. The lowest BCUT2D eigenvalue weighted by molar-refractivity contribution is -0.116. The van der Waals surface area contributed by atoms with Crippen molar-refractivity contribution in [2.45, 2.75) is 98.3 Å². The largest absolute Gasteiger partial charge is 0.352 e. The predicted molar refractivity (Wildman–Crippen MR) is 183 cm³/mol. The van der Waals surface area contributed by atoms with E-state index >= 15 is 0 Å². The van der Waals surface area contributed by atoms with E-state index in [1.807, 2.05) is 17.2 Å². The van der Waals surface area contributed by atoms with Crippen molar-refractivity contribution >= 4 is 28.4 Å². The number of fused-ring (bicyclic) bond motifs is 3. The average Bonchev–Trinajstić information content (AvgIpc) is 3.59. The van der Waals surface area contributed by atoms with E-state index in [9.17, 15) is 9.59 Å². The van der Waals surface area contributed by atoms with Crippen LogP contribution in [0.5, 0.6) is 0 Å². The molecule has 2 aliphatic rings. The van der Waals surface area contributed by atoms with Crippen molar-refractivity contribution in [3.05, 3.63) is 94.2 Å². The number of hydrogen-bond acceptors (Lipinski definition) is 3. The van der Waals surface area contributed by atoms with E-state index in [-0.39, 0.29) is 28.1 Å². The van der Waals surface area contributed by atoms with Gasteiger partial charge in [-0.3, -0.25) is 14.7 Å². The van der Waals surface area contributed by atoms with Crippen LogP contribution >= 0.6 is 0 Å². The van der Waals surface area contributed by atoms with Gasteiger partial charge in [0.25, 0.3) is 5.91 Å². The molecule has 4 aromatic rings. The topological polar surface area (TPSA) is 78.1 Å². The first-order chi connectivity index (χ1) is 20.4. The molecule has 3 aromatic carbocycles. The molecule has 3 heterocycles. The first-order valence-corrected chi connectivity index (χ1v) is 15.7. The fourth-order valence-corrected chi connectivity index (χ4v) is 5.48. The molecule has 0 unspecified atom stereocenters. The monoisotopic (exact) mass is 594 g/mol. The third-order valence-corrected chi connectivity index (χ3v) is 8.43. The van der Waals surface area contributed by atoms with E-state index < -0.39 is 0 Å². The number of benzene rings is 3. The van der Waals surface area contributed by atoms with Gasteiger partial charge in [-0.2, -0.15) is 5.10 Å². The molecule has 0 atom stereocenters. The Labute approximate surface area is 263 Å². The van der Waals surface area contributed by atoms with Crippen molar-refractivity contribution < 1.29 is 9.59 Å². The lowest BCUT2D eigenvalue weighted by atomic mass is 9.84. The Balaban J connectivity index is 0.000000151. The van der Waals surface area contributed by atoms with Crippen molar-refractivity contribution in [1.29, 1.82) is 0 Å². The first kappa shape index (κ1) is 33.0. The minimum absolute atomic E-state index is 0.0664. The number of rotatable bonds is 0. The minimum Gasteiger partial charge on any atom is -0.352 e. The predicted octanol–water partition coefficient (Wildman–Crippen LogP) is 8.02. The number of H-pyrrole nitrogens is 1. The molecule has 0 aliphatic carbocycles. The highest BCUT2D eigenvalue weighted by Crippen LogP contribution is 2.33. The van der Waals surface area contributed by atoms with Crippen molar-refractivity contribution in [3.8, 4) is 0 Å². The molecule has 0 fully saturated rings. The maximum absolute atomic E-state index is 11.5. The smallest absolute Gasteiger partial charge is 0.251 e. The van der Waals surface area contributed by atoms with Gasteiger partial charge in [-0.05, 0) is 81.2 Å². The van der Waals surface area contributed by atoms with Crippen molar-refractivity contribution in [3.63, 3.8) is 0 Å². The molecule has 0 saturated carbocycles. The van der Waals surface area contributed by atoms with E-state index in [1.54, 1.807) is 6.92 Å². The maximum Gasteiger partial charge on any atom is 0.251 e. The second-order valence-electron chi connectivity index (χ2n) is 15.1. The fourth-order valence-electron chi connectivity index (χ4n) is 5.48. The second-order valence-corrected chi connectivity index (χ2v) is 15.1. The number of carbonyl (C=O) groups is 2. The molecule has 234 valence electrons. The molecule has 2 N–H and O–H groups in total. The fraction of sp³-hybridized carbons (Fsp3) is 0.447.